The van der Waals surface area contributed by atoms with Crippen molar-refractivity contribution in [1.82, 2.24) is 5.32 Å². The van der Waals surface area contributed by atoms with Crippen molar-refractivity contribution in [3.8, 4) is 0 Å². The van der Waals surface area contributed by atoms with Crippen LogP contribution in [0.4, 0.5) is 4.39 Å². The molecular formula is C19H20FNO5S2. The lowest BCUT2D eigenvalue weighted by Crippen LogP contribution is -2.26. The number of rotatable bonds is 6. The molecule has 1 saturated heterocycles. The second kappa shape index (κ2) is 8.00. The zero-order chi connectivity index (χ0) is 20.4. The van der Waals surface area contributed by atoms with Crippen LogP contribution in [0.5, 0.6) is 0 Å². The first kappa shape index (κ1) is 20.5. The highest BCUT2D eigenvalue weighted by Crippen LogP contribution is 2.25. The van der Waals surface area contributed by atoms with Crippen molar-refractivity contribution in [3.05, 3.63) is 65.5 Å². The maximum atomic E-state index is 12.9. The van der Waals surface area contributed by atoms with Crippen molar-refractivity contribution in [2.75, 3.05) is 18.1 Å². The van der Waals surface area contributed by atoms with Crippen LogP contribution in [0.2, 0.25) is 0 Å². The third-order valence-electron chi connectivity index (χ3n) is 4.67. The van der Waals surface area contributed by atoms with Crippen LogP contribution in [-0.2, 0) is 26.1 Å². The van der Waals surface area contributed by atoms with Crippen molar-refractivity contribution in [2.24, 2.45) is 0 Å². The Kier molecular flexibility index (Phi) is 5.85. The highest BCUT2D eigenvalue weighted by Gasteiger charge is 2.38. The van der Waals surface area contributed by atoms with Gasteiger partial charge < -0.3 is 5.32 Å². The van der Waals surface area contributed by atoms with E-state index < -0.39 is 30.8 Å². The molecule has 0 radical (unpaired) electrons. The fourth-order valence-electron chi connectivity index (χ4n) is 3.09. The Bertz CT molecular complexity index is 1080. The second-order valence-electron chi connectivity index (χ2n) is 6.73. The van der Waals surface area contributed by atoms with E-state index in [9.17, 15) is 26.0 Å². The summed E-state index contributed by atoms with van der Waals surface area (Å²) in [5.41, 5.74) is 1.04. The van der Waals surface area contributed by atoms with Crippen LogP contribution in [0.25, 0.3) is 0 Å². The Hall–Kier alpha value is -2.26. The van der Waals surface area contributed by atoms with Gasteiger partial charge in [-0.15, -0.1) is 0 Å². The molecule has 0 aliphatic carbocycles. The largest absolute Gasteiger partial charge is 0.352 e. The van der Waals surface area contributed by atoms with E-state index in [1.165, 1.54) is 36.4 Å². The first-order chi connectivity index (χ1) is 13.2. The van der Waals surface area contributed by atoms with E-state index in [1.54, 1.807) is 12.1 Å². The lowest BCUT2D eigenvalue weighted by molar-refractivity contribution is 0.0954. The zero-order valence-corrected chi connectivity index (χ0v) is 16.6. The van der Waals surface area contributed by atoms with Crippen molar-refractivity contribution in [3.63, 3.8) is 0 Å². The normalized spacial score (nSPS) is 18.7. The van der Waals surface area contributed by atoms with Crippen LogP contribution in [0.1, 0.15) is 22.3 Å². The van der Waals surface area contributed by atoms with Gasteiger partial charge >= 0.3 is 0 Å². The molecule has 28 heavy (non-hydrogen) atoms. The van der Waals surface area contributed by atoms with Crippen LogP contribution in [-0.4, -0.2) is 46.0 Å². The van der Waals surface area contributed by atoms with Gasteiger partial charge in [0.25, 0.3) is 5.91 Å². The predicted molar refractivity (Wildman–Crippen MR) is 103 cm³/mol. The number of sulfone groups is 2. The molecular weight excluding hydrogens is 405 g/mol. The molecule has 0 bridgehead atoms. The number of benzene rings is 2. The summed E-state index contributed by atoms with van der Waals surface area (Å²) >= 11 is 0. The minimum Gasteiger partial charge on any atom is -0.352 e. The summed E-state index contributed by atoms with van der Waals surface area (Å²) in [4.78, 5) is 12.3. The maximum absolute atomic E-state index is 12.9. The quantitative estimate of drug-likeness (QED) is 0.761. The summed E-state index contributed by atoms with van der Waals surface area (Å²) in [5, 5.41) is 1.72. The Balaban J connectivity index is 1.67. The summed E-state index contributed by atoms with van der Waals surface area (Å²) in [7, 11) is -7.16. The van der Waals surface area contributed by atoms with Crippen molar-refractivity contribution < 1.29 is 26.0 Å². The number of nitrogens with one attached hydrogen (secondary N) is 1. The van der Waals surface area contributed by atoms with Crippen LogP contribution in [0.15, 0.2) is 53.4 Å². The van der Waals surface area contributed by atoms with Gasteiger partial charge in [0.2, 0.25) is 0 Å². The Morgan fingerprint density at radius 2 is 1.86 bits per heavy atom. The molecule has 9 heteroatoms. The number of amides is 1. The molecule has 1 fully saturated rings. The van der Waals surface area contributed by atoms with Crippen molar-refractivity contribution in [1.29, 1.82) is 0 Å². The summed E-state index contributed by atoms with van der Waals surface area (Å²) < 4.78 is 61.5. The third-order valence-corrected chi connectivity index (χ3v) is 8.84. The van der Waals surface area contributed by atoms with E-state index in [2.05, 4.69) is 5.32 Å². The highest BCUT2D eigenvalue weighted by atomic mass is 32.2. The molecule has 0 aromatic heterocycles. The number of hydrogen-bond acceptors (Lipinski definition) is 5. The standard InChI is InChI=1S/C19H20FNO5S2/c20-16-6-4-14(5-7-16)8-10-21-19(22)15-2-1-3-17(12-15)28(25,26)18-9-11-27(23,24)13-18/h1-7,12,18H,8-11,13H2,(H,21,22). The van der Waals surface area contributed by atoms with Gasteiger partial charge in [-0.05, 0) is 48.7 Å². The number of carbonyl (C=O) groups excluding carboxylic acids is 1. The molecule has 2 aromatic carbocycles. The summed E-state index contributed by atoms with van der Waals surface area (Å²) in [6, 6.07) is 11.5. The predicted octanol–water partition coefficient (Wildman–Crippen LogP) is 1.76. The average molecular weight is 426 g/mol. The monoisotopic (exact) mass is 425 g/mol. The third kappa shape index (κ3) is 4.77. The summed E-state index contributed by atoms with van der Waals surface area (Å²) in [6.07, 6.45) is 0.572. The van der Waals surface area contributed by atoms with Crippen LogP contribution in [0.3, 0.4) is 0 Å². The number of halogens is 1. The van der Waals surface area contributed by atoms with E-state index in [0.717, 1.165) is 5.56 Å². The topological polar surface area (TPSA) is 97.4 Å². The Labute approximate surface area is 163 Å². The molecule has 1 aliphatic rings. The van der Waals surface area contributed by atoms with E-state index in [0.29, 0.717) is 13.0 Å². The van der Waals surface area contributed by atoms with Gasteiger partial charge in [-0.3, -0.25) is 4.79 Å². The summed E-state index contributed by atoms with van der Waals surface area (Å²) in [5.74, 6) is -1.29. The molecule has 1 unspecified atom stereocenters. The first-order valence-electron chi connectivity index (χ1n) is 8.74. The molecule has 1 atom stereocenters. The minimum absolute atomic E-state index is 0.0548. The molecule has 1 amide bonds. The van der Waals surface area contributed by atoms with Gasteiger partial charge in [-0.25, -0.2) is 21.2 Å². The van der Waals surface area contributed by atoms with Gasteiger partial charge in [0.1, 0.15) is 5.82 Å². The lowest BCUT2D eigenvalue weighted by Gasteiger charge is -2.11. The Morgan fingerprint density at radius 3 is 2.50 bits per heavy atom. The molecule has 1 heterocycles. The molecule has 1 aliphatic heterocycles. The van der Waals surface area contributed by atoms with Gasteiger partial charge in [0.05, 0.1) is 21.7 Å². The van der Waals surface area contributed by atoms with E-state index >= 15 is 0 Å². The van der Waals surface area contributed by atoms with Gasteiger partial charge in [-0.2, -0.15) is 0 Å². The average Bonchev–Trinajstić information content (AvgIpc) is 3.04. The minimum atomic E-state index is -3.83. The molecule has 0 saturated carbocycles. The molecule has 150 valence electrons. The fraction of sp³-hybridized carbons (Fsp3) is 0.316. The lowest BCUT2D eigenvalue weighted by atomic mass is 10.1. The summed E-state index contributed by atoms with van der Waals surface area (Å²) in [6.45, 7) is 0.308. The Morgan fingerprint density at radius 1 is 1.14 bits per heavy atom. The van der Waals surface area contributed by atoms with Crippen LogP contribution >= 0.6 is 0 Å². The van der Waals surface area contributed by atoms with E-state index in [4.69, 9.17) is 0 Å². The smallest absolute Gasteiger partial charge is 0.251 e. The van der Waals surface area contributed by atoms with Crippen molar-refractivity contribution in [2.45, 2.75) is 23.0 Å². The maximum Gasteiger partial charge on any atom is 0.251 e. The molecule has 3 rings (SSSR count). The fourth-order valence-corrected chi connectivity index (χ4v) is 7.49. The van der Waals surface area contributed by atoms with Crippen molar-refractivity contribution >= 4 is 25.6 Å². The van der Waals surface area contributed by atoms with Gasteiger partial charge in [0, 0.05) is 12.1 Å². The first-order valence-corrected chi connectivity index (χ1v) is 12.1. The molecule has 2 aromatic rings. The van der Waals surface area contributed by atoms with E-state index in [-0.39, 0.29) is 34.2 Å². The number of carbonyl (C=O) groups is 1. The highest BCUT2D eigenvalue weighted by molar-refractivity contribution is 7.96. The number of hydrogen-bond donors (Lipinski definition) is 1. The van der Waals surface area contributed by atoms with Crippen LogP contribution < -0.4 is 5.32 Å². The van der Waals surface area contributed by atoms with E-state index in [1.807, 2.05) is 0 Å². The zero-order valence-electron chi connectivity index (χ0n) is 15.0. The van der Waals surface area contributed by atoms with Crippen LogP contribution in [0, 0.1) is 5.82 Å². The van der Waals surface area contributed by atoms with Gasteiger partial charge in [0.15, 0.2) is 19.7 Å². The molecule has 1 N–H and O–H groups in total. The molecule has 6 nitrogen and oxygen atoms in total. The molecule has 0 spiro atoms. The van der Waals surface area contributed by atoms with Gasteiger partial charge in [-0.1, -0.05) is 18.2 Å². The second-order valence-corrected chi connectivity index (χ2v) is 11.2. The SMILES string of the molecule is O=C(NCCc1ccc(F)cc1)c1cccc(S(=O)(=O)C2CCS(=O)(=O)C2)c1.